The first-order valence-electron chi connectivity index (χ1n) is 10.0. The second-order valence-electron chi connectivity index (χ2n) is 9.03. The van der Waals surface area contributed by atoms with Crippen LogP contribution in [0, 0.1) is 11.3 Å². The van der Waals surface area contributed by atoms with E-state index in [1.54, 1.807) is 0 Å². The molecule has 0 radical (unpaired) electrons. The van der Waals surface area contributed by atoms with Crippen LogP contribution >= 0.6 is 0 Å². The summed E-state index contributed by atoms with van der Waals surface area (Å²) in [4.78, 5) is 24.1. The second-order valence-corrected chi connectivity index (χ2v) is 9.03. The van der Waals surface area contributed by atoms with Crippen LogP contribution in [0.15, 0.2) is 48.5 Å². The summed E-state index contributed by atoms with van der Waals surface area (Å²) < 4.78 is 5.49. The average molecular weight is 395 g/mol. The Morgan fingerprint density at radius 2 is 1.55 bits per heavy atom. The molecule has 5 heteroatoms. The number of carbonyl (C=O) groups is 2. The maximum absolute atomic E-state index is 12.4. The van der Waals surface area contributed by atoms with Crippen LogP contribution in [0.2, 0.25) is 0 Å². The number of carbonyl (C=O) groups excluding carboxylic acids is 1. The van der Waals surface area contributed by atoms with Gasteiger partial charge in [0.1, 0.15) is 12.6 Å². The largest absolute Gasteiger partial charge is 0.480 e. The molecule has 1 aliphatic carbocycles. The zero-order chi connectivity index (χ0) is 21.2. The van der Waals surface area contributed by atoms with Crippen molar-refractivity contribution in [2.75, 3.05) is 6.61 Å². The van der Waals surface area contributed by atoms with Crippen molar-refractivity contribution in [1.29, 1.82) is 0 Å². The molecule has 154 valence electrons. The number of hydrogen-bond acceptors (Lipinski definition) is 3. The number of fused-ring (bicyclic) bond motifs is 3. The van der Waals surface area contributed by atoms with Crippen molar-refractivity contribution in [3.63, 3.8) is 0 Å². The number of ether oxygens (including phenoxy) is 1. The maximum Gasteiger partial charge on any atom is 0.407 e. The van der Waals surface area contributed by atoms with Crippen molar-refractivity contribution in [2.45, 2.75) is 46.1 Å². The van der Waals surface area contributed by atoms with Crippen molar-refractivity contribution in [3.05, 3.63) is 59.7 Å². The van der Waals surface area contributed by atoms with Gasteiger partial charge < -0.3 is 15.2 Å². The van der Waals surface area contributed by atoms with E-state index in [4.69, 9.17) is 4.74 Å². The highest BCUT2D eigenvalue weighted by atomic mass is 16.5. The lowest BCUT2D eigenvalue weighted by Crippen LogP contribution is -2.46. The third-order valence-electron chi connectivity index (χ3n) is 5.39. The van der Waals surface area contributed by atoms with Gasteiger partial charge in [0.15, 0.2) is 0 Å². The Bertz CT molecular complexity index is 854. The highest BCUT2D eigenvalue weighted by Gasteiger charge is 2.32. The molecule has 29 heavy (non-hydrogen) atoms. The van der Waals surface area contributed by atoms with Gasteiger partial charge in [-0.3, -0.25) is 0 Å². The van der Waals surface area contributed by atoms with E-state index < -0.39 is 18.1 Å². The fourth-order valence-electron chi connectivity index (χ4n) is 4.30. The molecule has 0 fully saturated rings. The fraction of sp³-hybridized carbons (Fsp3) is 0.417. The molecular formula is C24H29NO4. The summed E-state index contributed by atoms with van der Waals surface area (Å²) in [5.74, 6) is -1.31. The molecule has 2 aromatic carbocycles. The van der Waals surface area contributed by atoms with Crippen molar-refractivity contribution in [1.82, 2.24) is 5.32 Å². The molecule has 2 N–H and O–H groups in total. The van der Waals surface area contributed by atoms with Crippen LogP contribution in [-0.2, 0) is 9.53 Å². The van der Waals surface area contributed by atoms with Crippen molar-refractivity contribution >= 4 is 12.1 Å². The van der Waals surface area contributed by atoms with Crippen LogP contribution in [0.4, 0.5) is 4.79 Å². The predicted octanol–water partition coefficient (Wildman–Crippen LogP) is 5.05. The van der Waals surface area contributed by atoms with Crippen molar-refractivity contribution < 1.29 is 19.4 Å². The topological polar surface area (TPSA) is 75.6 Å². The summed E-state index contributed by atoms with van der Waals surface area (Å²) in [5, 5.41) is 12.1. The quantitative estimate of drug-likeness (QED) is 0.718. The number of carboxylic acids is 1. The molecule has 0 aromatic heterocycles. The molecule has 0 bridgehead atoms. The predicted molar refractivity (Wildman–Crippen MR) is 113 cm³/mol. The van der Waals surface area contributed by atoms with Gasteiger partial charge >= 0.3 is 12.1 Å². The number of rotatable bonds is 6. The molecule has 2 atom stereocenters. The van der Waals surface area contributed by atoms with E-state index in [1.165, 1.54) is 0 Å². The number of carboxylic acid groups (broad SMARTS) is 1. The highest BCUT2D eigenvalue weighted by Crippen LogP contribution is 2.44. The van der Waals surface area contributed by atoms with Crippen molar-refractivity contribution in [3.8, 4) is 11.1 Å². The normalized spacial score (nSPS) is 15.2. The highest BCUT2D eigenvalue weighted by molar-refractivity contribution is 5.81. The van der Waals surface area contributed by atoms with Gasteiger partial charge in [-0.2, -0.15) is 0 Å². The van der Waals surface area contributed by atoms with E-state index in [0.29, 0.717) is 6.42 Å². The Morgan fingerprint density at radius 3 is 2.03 bits per heavy atom. The number of hydrogen-bond donors (Lipinski definition) is 2. The molecule has 1 amide bonds. The standard InChI is InChI=1S/C24H29NO4/c1-15(13-24(2,3)4)21(22(26)27)25-23(28)29-14-20-18-11-7-5-9-16(18)17-10-6-8-12-19(17)20/h5-12,15,20-21H,13-14H2,1-4H3,(H,25,28)(H,26,27)/t15-,21+/m0/s1. The van der Waals surface area contributed by atoms with Crippen LogP contribution in [0.1, 0.15) is 51.2 Å². The third kappa shape index (κ3) is 4.78. The Kier molecular flexibility index (Phi) is 5.96. The Morgan fingerprint density at radius 1 is 1.03 bits per heavy atom. The minimum atomic E-state index is -1.05. The summed E-state index contributed by atoms with van der Waals surface area (Å²) in [6, 6.07) is 15.2. The molecule has 5 nitrogen and oxygen atoms in total. The average Bonchev–Trinajstić information content (AvgIpc) is 2.96. The van der Waals surface area contributed by atoms with Gasteiger partial charge in [-0.05, 0) is 40.0 Å². The van der Waals surface area contributed by atoms with Gasteiger partial charge in [0, 0.05) is 5.92 Å². The SMILES string of the molecule is C[C@@H](CC(C)(C)C)[C@@H](NC(=O)OCC1c2ccccc2-c2ccccc21)C(=O)O. The summed E-state index contributed by atoms with van der Waals surface area (Å²) in [7, 11) is 0. The molecule has 0 saturated carbocycles. The van der Waals surface area contributed by atoms with E-state index in [0.717, 1.165) is 22.3 Å². The number of amides is 1. The molecule has 0 unspecified atom stereocenters. The van der Waals surface area contributed by atoms with Gasteiger partial charge in [-0.15, -0.1) is 0 Å². The van der Waals surface area contributed by atoms with E-state index >= 15 is 0 Å². The second kappa shape index (κ2) is 8.27. The lowest BCUT2D eigenvalue weighted by Gasteiger charge is -2.28. The third-order valence-corrected chi connectivity index (χ3v) is 5.39. The minimum absolute atomic E-state index is 0.0318. The first kappa shape index (κ1) is 20.9. The van der Waals surface area contributed by atoms with Gasteiger partial charge in [0.2, 0.25) is 0 Å². The summed E-state index contributed by atoms with van der Waals surface area (Å²) >= 11 is 0. The van der Waals surface area contributed by atoms with E-state index in [1.807, 2.05) is 43.3 Å². The fourth-order valence-corrected chi connectivity index (χ4v) is 4.30. The Labute approximate surface area is 172 Å². The summed E-state index contributed by atoms with van der Waals surface area (Å²) in [5.41, 5.74) is 4.52. The molecule has 0 spiro atoms. The molecule has 2 aromatic rings. The molecule has 0 aliphatic heterocycles. The Hall–Kier alpha value is -2.82. The van der Waals surface area contributed by atoms with Gasteiger partial charge in [0.25, 0.3) is 0 Å². The van der Waals surface area contributed by atoms with Crippen LogP contribution in [0.3, 0.4) is 0 Å². The van der Waals surface area contributed by atoms with E-state index in [-0.39, 0.29) is 23.9 Å². The van der Waals surface area contributed by atoms with Crippen LogP contribution in [0.5, 0.6) is 0 Å². The first-order chi connectivity index (χ1) is 13.7. The van der Waals surface area contributed by atoms with Crippen LogP contribution in [-0.4, -0.2) is 29.8 Å². The number of alkyl carbamates (subject to hydrolysis) is 1. The summed E-state index contributed by atoms with van der Waals surface area (Å²) in [6.45, 7) is 8.16. The molecular weight excluding hydrogens is 366 g/mol. The zero-order valence-electron chi connectivity index (χ0n) is 17.4. The Balaban J connectivity index is 1.68. The molecule has 0 saturated heterocycles. The monoisotopic (exact) mass is 395 g/mol. The number of benzene rings is 2. The maximum atomic E-state index is 12.4. The van der Waals surface area contributed by atoms with Crippen molar-refractivity contribution in [2.24, 2.45) is 11.3 Å². The van der Waals surface area contributed by atoms with Crippen LogP contribution < -0.4 is 5.32 Å². The zero-order valence-corrected chi connectivity index (χ0v) is 17.4. The van der Waals surface area contributed by atoms with Crippen LogP contribution in [0.25, 0.3) is 11.1 Å². The van der Waals surface area contributed by atoms with E-state index in [2.05, 4.69) is 38.2 Å². The van der Waals surface area contributed by atoms with E-state index in [9.17, 15) is 14.7 Å². The minimum Gasteiger partial charge on any atom is -0.480 e. The van der Waals surface area contributed by atoms with Gasteiger partial charge in [0.05, 0.1) is 0 Å². The smallest absolute Gasteiger partial charge is 0.407 e. The van der Waals surface area contributed by atoms with Gasteiger partial charge in [-0.25, -0.2) is 9.59 Å². The lowest BCUT2D eigenvalue weighted by molar-refractivity contribution is -0.140. The number of aliphatic carboxylic acids is 1. The molecule has 3 rings (SSSR count). The van der Waals surface area contributed by atoms with Gasteiger partial charge in [-0.1, -0.05) is 76.2 Å². The summed E-state index contributed by atoms with van der Waals surface area (Å²) in [6.07, 6.45) is -0.0202. The number of nitrogens with one attached hydrogen (secondary N) is 1. The molecule has 0 heterocycles. The lowest BCUT2D eigenvalue weighted by atomic mass is 9.82. The first-order valence-corrected chi connectivity index (χ1v) is 10.0. The molecule has 1 aliphatic rings.